The summed E-state index contributed by atoms with van der Waals surface area (Å²) in [6.07, 6.45) is 0. The first-order valence-electron chi connectivity index (χ1n) is 6.30. The standard InChI is InChI=1S/C14H18N2O5/c1-8(2)11(12(17)18)16(14(15)20)10-7-5-4-6-9(10)13(19)21-3/h4-8,11H,1-3H3,(H2,15,20)(H,17,18)/t11-/m0/s1. The molecule has 0 saturated carbocycles. The van der Waals surface area contributed by atoms with Crippen LogP contribution in [-0.4, -0.2) is 36.2 Å². The third kappa shape index (κ3) is 3.50. The van der Waals surface area contributed by atoms with Crippen LogP contribution in [0.2, 0.25) is 0 Å². The summed E-state index contributed by atoms with van der Waals surface area (Å²) in [5, 5.41) is 9.35. The molecule has 0 heterocycles. The predicted octanol–water partition coefficient (Wildman–Crippen LogP) is 1.47. The molecule has 1 aromatic carbocycles. The first-order chi connectivity index (χ1) is 9.81. The maximum Gasteiger partial charge on any atom is 0.339 e. The minimum absolute atomic E-state index is 0.0747. The van der Waals surface area contributed by atoms with E-state index in [1.807, 2.05) is 0 Å². The molecule has 21 heavy (non-hydrogen) atoms. The molecule has 7 nitrogen and oxygen atoms in total. The number of carbonyl (C=O) groups excluding carboxylic acids is 2. The number of primary amides is 1. The van der Waals surface area contributed by atoms with Crippen LogP contribution in [0.1, 0.15) is 24.2 Å². The van der Waals surface area contributed by atoms with Gasteiger partial charge in [0.15, 0.2) is 0 Å². The highest BCUT2D eigenvalue weighted by atomic mass is 16.5. The molecule has 0 aromatic heterocycles. The number of esters is 1. The Balaban J connectivity index is 3.46. The fourth-order valence-corrected chi connectivity index (χ4v) is 2.07. The number of hydrogen-bond acceptors (Lipinski definition) is 4. The zero-order valence-electron chi connectivity index (χ0n) is 12.1. The quantitative estimate of drug-likeness (QED) is 0.799. The van der Waals surface area contributed by atoms with Gasteiger partial charge < -0.3 is 15.6 Å². The number of para-hydroxylation sites is 1. The van der Waals surface area contributed by atoms with E-state index in [-0.39, 0.29) is 11.3 Å². The van der Waals surface area contributed by atoms with Gasteiger partial charge in [0.1, 0.15) is 6.04 Å². The first-order valence-corrected chi connectivity index (χ1v) is 6.30. The third-order valence-corrected chi connectivity index (χ3v) is 2.97. The number of hydrogen-bond donors (Lipinski definition) is 2. The van der Waals surface area contributed by atoms with Crippen molar-refractivity contribution in [2.45, 2.75) is 19.9 Å². The normalized spacial score (nSPS) is 11.8. The molecule has 7 heteroatoms. The lowest BCUT2D eigenvalue weighted by Gasteiger charge is -2.31. The van der Waals surface area contributed by atoms with Crippen molar-refractivity contribution in [3.63, 3.8) is 0 Å². The Labute approximate surface area is 122 Å². The van der Waals surface area contributed by atoms with Crippen LogP contribution in [0.4, 0.5) is 10.5 Å². The summed E-state index contributed by atoms with van der Waals surface area (Å²) in [4.78, 5) is 35.9. The smallest absolute Gasteiger partial charge is 0.339 e. The molecule has 1 atom stereocenters. The van der Waals surface area contributed by atoms with Crippen molar-refractivity contribution in [2.24, 2.45) is 11.7 Å². The fraction of sp³-hybridized carbons (Fsp3) is 0.357. The summed E-state index contributed by atoms with van der Waals surface area (Å²) in [6, 6.07) is 3.92. The maximum atomic E-state index is 11.8. The highest BCUT2D eigenvalue weighted by Gasteiger charge is 2.34. The Kier molecular flexibility index (Phi) is 5.29. The molecule has 1 aromatic rings. The van der Waals surface area contributed by atoms with Gasteiger partial charge in [-0.1, -0.05) is 26.0 Å². The van der Waals surface area contributed by atoms with Gasteiger partial charge in [0.2, 0.25) is 0 Å². The third-order valence-electron chi connectivity index (χ3n) is 2.97. The zero-order chi connectivity index (χ0) is 16.2. The van der Waals surface area contributed by atoms with Crippen molar-refractivity contribution >= 4 is 23.7 Å². The number of aliphatic carboxylic acids is 1. The molecule has 0 bridgehead atoms. The topological polar surface area (TPSA) is 110 Å². The van der Waals surface area contributed by atoms with E-state index in [4.69, 9.17) is 5.73 Å². The number of nitrogens with two attached hydrogens (primary N) is 1. The molecule has 0 aliphatic rings. The maximum absolute atomic E-state index is 11.8. The number of benzene rings is 1. The van der Waals surface area contributed by atoms with Gasteiger partial charge in [-0.2, -0.15) is 0 Å². The van der Waals surface area contributed by atoms with E-state index in [9.17, 15) is 19.5 Å². The molecule has 0 spiro atoms. The van der Waals surface area contributed by atoms with E-state index in [2.05, 4.69) is 4.74 Å². The summed E-state index contributed by atoms with van der Waals surface area (Å²) >= 11 is 0. The summed E-state index contributed by atoms with van der Waals surface area (Å²) in [5.41, 5.74) is 5.51. The molecule has 2 amide bonds. The van der Waals surface area contributed by atoms with Gasteiger partial charge in [-0.05, 0) is 18.1 Å². The molecule has 114 valence electrons. The first kappa shape index (κ1) is 16.5. The Bertz CT molecular complexity index is 556. The lowest BCUT2D eigenvalue weighted by Crippen LogP contribution is -2.51. The van der Waals surface area contributed by atoms with Gasteiger partial charge >= 0.3 is 18.0 Å². The average molecular weight is 294 g/mol. The number of anilines is 1. The number of carbonyl (C=O) groups is 3. The van der Waals surface area contributed by atoms with Crippen LogP contribution in [0.25, 0.3) is 0 Å². The number of ether oxygens (including phenoxy) is 1. The van der Waals surface area contributed by atoms with Crippen molar-refractivity contribution in [3.8, 4) is 0 Å². The van der Waals surface area contributed by atoms with Crippen molar-refractivity contribution in [1.29, 1.82) is 0 Å². The van der Waals surface area contributed by atoms with Crippen LogP contribution in [0, 0.1) is 5.92 Å². The number of methoxy groups -OCH3 is 1. The lowest BCUT2D eigenvalue weighted by atomic mass is 10.0. The Hall–Kier alpha value is -2.57. The van der Waals surface area contributed by atoms with Gasteiger partial charge in [0.05, 0.1) is 18.4 Å². The van der Waals surface area contributed by atoms with Crippen LogP contribution in [0.15, 0.2) is 24.3 Å². The molecule has 0 aliphatic carbocycles. The Morgan fingerprint density at radius 1 is 1.24 bits per heavy atom. The highest BCUT2D eigenvalue weighted by Crippen LogP contribution is 2.26. The zero-order valence-corrected chi connectivity index (χ0v) is 12.1. The van der Waals surface area contributed by atoms with Gasteiger partial charge in [-0.25, -0.2) is 14.4 Å². The Morgan fingerprint density at radius 2 is 1.81 bits per heavy atom. The van der Waals surface area contributed by atoms with Crippen molar-refractivity contribution in [3.05, 3.63) is 29.8 Å². The predicted molar refractivity (Wildman–Crippen MR) is 76.1 cm³/mol. The van der Waals surface area contributed by atoms with Crippen molar-refractivity contribution in [1.82, 2.24) is 0 Å². The van der Waals surface area contributed by atoms with Gasteiger partial charge in [-0.15, -0.1) is 0 Å². The summed E-state index contributed by atoms with van der Waals surface area (Å²) < 4.78 is 4.64. The van der Waals surface area contributed by atoms with Crippen molar-refractivity contribution < 1.29 is 24.2 Å². The number of carboxylic acids is 1. The SMILES string of the molecule is COC(=O)c1ccccc1N(C(N)=O)[C@H](C(=O)O)C(C)C. The lowest BCUT2D eigenvalue weighted by molar-refractivity contribution is -0.139. The molecule has 0 unspecified atom stereocenters. The van der Waals surface area contributed by atoms with E-state index in [1.165, 1.54) is 19.2 Å². The van der Waals surface area contributed by atoms with Gasteiger partial charge in [0, 0.05) is 0 Å². The van der Waals surface area contributed by atoms with Crippen LogP contribution in [0.5, 0.6) is 0 Å². The number of nitrogens with zero attached hydrogens (tertiary/aromatic N) is 1. The summed E-state index contributed by atoms with van der Waals surface area (Å²) in [6.45, 7) is 3.30. The average Bonchev–Trinajstić information content (AvgIpc) is 2.42. The van der Waals surface area contributed by atoms with E-state index < -0.39 is 29.9 Å². The fourth-order valence-electron chi connectivity index (χ4n) is 2.07. The van der Waals surface area contributed by atoms with E-state index in [0.29, 0.717) is 0 Å². The Morgan fingerprint density at radius 3 is 2.24 bits per heavy atom. The number of carboxylic acid groups (broad SMARTS) is 1. The summed E-state index contributed by atoms with van der Waals surface area (Å²) in [5.74, 6) is -2.28. The largest absolute Gasteiger partial charge is 0.480 e. The van der Waals surface area contributed by atoms with Crippen molar-refractivity contribution in [2.75, 3.05) is 12.0 Å². The number of urea groups is 1. The molecular weight excluding hydrogens is 276 g/mol. The second-order valence-electron chi connectivity index (χ2n) is 4.74. The van der Waals surface area contributed by atoms with Crippen LogP contribution < -0.4 is 10.6 Å². The highest BCUT2D eigenvalue weighted by molar-refractivity contribution is 6.04. The van der Waals surface area contributed by atoms with Crippen LogP contribution in [0.3, 0.4) is 0 Å². The van der Waals surface area contributed by atoms with E-state index >= 15 is 0 Å². The van der Waals surface area contributed by atoms with Gasteiger partial charge in [-0.3, -0.25) is 4.90 Å². The number of rotatable bonds is 5. The second kappa shape index (κ2) is 6.74. The van der Waals surface area contributed by atoms with E-state index in [0.717, 1.165) is 4.90 Å². The minimum Gasteiger partial charge on any atom is -0.480 e. The molecule has 0 radical (unpaired) electrons. The summed E-state index contributed by atoms with van der Waals surface area (Å²) in [7, 11) is 1.20. The van der Waals surface area contributed by atoms with E-state index in [1.54, 1.807) is 26.0 Å². The monoisotopic (exact) mass is 294 g/mol. The van der Waals surface area contributed by atoms with Crippen LogP contribution >= 0.6 is 0 Å². The van der Waals surface area contributed by atoms with Crippen LogP contribution in [-0.2, 0) is 9.53 Å². The number of amides is 2. The molecule has 0 aliphatic heterocycles. The second-order valence-corrected chi connectivity index (χ2v) is 4.74. The van der Waals surface area contributed by atoms with Gasteiger partial charge in [0.25, 0.3) is 0 Å². The minimum atomic E-state index is -1.21. The molecular formula is C14H18N2O5. The molecule has 0 saturated heterocycles. The molecule has 0 fully saturated rings. The molecule has 3 N–H and O–H groups in total. The molecule has 1 rings (SSSR count).